The number of carbonyl (C=O) groups excluding carboxylic acids is 1. The molecule has 4 nitrogen and oxygen atoms in total. The van der Waals surface area contributed by atoms with Crippen LogP contribution in [0.5, 0.6) is 5.75 Å². The first-order chi connectivity index (χ1) is 9.42. The lowest BCUT2D eigenvalue weighted by atomic mass is 10.1. The maximum absolute atomic E-state index is 11.5. The second kappa shape index (κ2) is 7.90. The topological polar surface area (TPSA) is 64.3 Å². The van der Waals surface area contributed by atoms with Gasteiger partial charge < -0.3 is 15.8 Å². The van der Waals surface area contributed by atoms with Gasteiger partial charge in [-0.25, -0.2) is 0 Å². The highest BCUT2D eigenvalue weighted by atomic mass is 16.5. The molecule has 0 aliphatic rings. The van der Waals surface area contributed by atoms with Gasteiger partial charge in [0, 0.05) is 13.0 Å². The fraction of sp³-hybridized carbons (Fsp3) is 0.562. The standard InChI is InChI=1S/C16H26N2O2/c1-16(2,3)20-14-8-5-4-7-13(14)10-12-18-15(19)9-6-11-17/h4-5,7-8H,6,9-12,17H2,1-3H3,(H,18,19). The van der Waals surface area contributed by atoms with E-state index in [2.05, 4.69) is 5.32 Å². The Morgan fingerprint density at radius 1 is 1.30 bits per heavy atom. The summed E-state index contributed by atoms with van der Waals surface area (Å²) in [6, 6.07) is 7.95. The highest BCUT2D eigenvalue weighted by Gasteiger charge is 2.14. The summed E-state index contributed by atoms with van der Waals surface area (Å²) in [5.41, 5.74) is 6.27. The third kappa shape index (κ3) is 6.57. The van der Waals surface area contributed by atoms with Crippen LogP contribution in [0, 0.1) is 0 Å². The Labute approximate surface area is 121 Å². The lowest BCUT2D eigenvalue weighted by Crippen LogP contribution is -2.27. The lowest BCUT2D eigenvalue weighted by molar-refractivity contribution is -0.121. The first kappa shape index (κ1) is 16.5. The van der Waals surface area contributed by atoms with Gasteiger partial charge in [-0.05, 0) is 51.8 Å². The largest absolute Gasteiger partial charge is 0.488 e. The molecule has 0 bridgehead atoms. The molecule has 0 saturated carbocycles. The Bertz CT molecular complexity index is 425. The minimum absolute atomic E-state index is 0.0599. The highest BCUT2D eigenvalue weighted by Crippen LogP contribution is 2.23. The zero-order chi connectivity index (χ0) is 15.0. The molecule has 1 amide bonds. The molecule has 0 radical (unpaired) electrons. The van der Waals surface area contributed by atoms with Crippen LogP contribution in [0.1, 0.15) is 39.2 Å². The number of rotatable bonds is 7. The van der Waals surface area contributed by atoms with Crippen LogP contribution in [-0.2, 0) is 11.2 Å². The zero-order valence-electron chi connectivity index (χ0n) is 12.7. The van der Waals surface area contributed by atoms with Crippen LogP contribution < -0.4 is 15.8 Å². The average Bonchev–Trinajstić information content (AvgIpc) is 2.36. The molecule has 1 rings (SSSR count). The molecule has 0 atom stereocenters. The molecule has 0 fully saturated rings. The number of hydrogen-bond donors (Lipinski definition) is 2. The normalized spacial score (nSPS) is 11.2. The van der Waals surface area contributed by atoms with Gasteiger partial charge in [0.25, 0.3) is 0 Å². The molecule has 0 unspecified atom stereocenters. The second-order valence-corrected chi connectivity index (χ2v) is 5.81. The third-order valence-electron chi connectivity index (χ3n) is 2.71. The van der Waals surface area contributed by atoms with Crippen molar-refractivity contribution in [1.82, 2.24) is 5.32 Å². The van der Waals surface area contributed by atoms with E-state index in [9.17, 15) is 4.79 Å². The monoisotopic (exact) mass is 278 g/mol. The number of carbonyl (C=O) groups is 1. The second-order valence-electron chi connectivity index (χ2n) is 5.81. The number of benzene rings is 1. The van der Waals surface area contributed by atoms with Crippen molar-refractivity contribution in [3.8, 4) is 5.75 Å². The molecule has 20 heavy (non-hydrogen) atoms. The first-order valence-electron chi connectivity index (χ1n) is 7.16. The number of hydrogen-bond acceptors (Lipinski definition) is 3. The summed E-state index contributed by atoms with van der Waals surface area (Å²) in [5, 5.41) is 2.91. The van der Waals surface area contributed by atoms with Crippen LogP contribution in [-0.4, -0.2) is 24.6 Å². The van der Waals surface area contributed by atoms with E-state index >= 15 is 0 Å². The fourth-order valence-electron chi connectivity index (χ4n) is 1.83. The molecule has 0 aliphatic heterocycles. The Morgan fingerprint density at radius 3 is 2.65 bits per heavy atom. The average molecular weight is 278 g/mol. The summed E-state index contributed by atoms with van der Waals surface area (Å²) in [6.07, 6.45) is 1.99. The number of para-hydroxylation sites is 1. The number of nitrogens with two attached hydrogens (primary N) is 1. The molecule has 0 aliphatic carbocycles. The van der Waals surface area contributed by atoms with E-state index in [1.165, 1.54) is 0 Å². The molecular weight excluding hydrogens is 252 g/mol. The van der Waals surface area contributed by atoms with Crippen LogP contribution in [0.4, 0.5) is 0 Å². The fourth-order valence-corrected chi connectivity index (χ4v) is 1.83. The van der Waals surface area contributed by atoms with Crippen molar-refractivity contribution < 1.29 is 9.53 Å². The van der Waals surface area contributed by atoms with Crippen molar-refractivity contribution in [2.75, 3.05) is 13.1 Å². The summed E-state index contributed by atoms with van der Waals surface area (Å²) in [4.78, 5) is 11.5. The van der Waals surface area contributed by atoms with Gasteiger partial charge in [0.1, 0.15) is 11.4 Å². The molecular formula is C16H26N2O2. The van der Waals surface area contributed by atoms with Crippen LogP contribution in [0.2, 0.25) is 0 Å². The van der Waals surface area contributed by atoms with Crippen LogP contribution in [0.15, 0.2) is 24.3 Å². The van der Waals surface area contributed by atoms with Gasteiger partial charge in [-0.3, -0.25) is 4.79 Å². The van der Waals surface area contributed by atoms with E-state index in [-0.39, 0.29) is 11.5 Å². The minimum Gasteiger partial charge on any atom is -0.488 e. The maximum Gasteiger partial charge on any atom is 0.220 e. The SMILES string of the molecule is CC(C)(C)Oc1ccccc1CCNC(=O)CCCN. The Hall–Kier alpha value is -1.55. The molecule has 4 heteroatoms. The lowest BCUT2D eigenvalue weighted by Gasteiger charge is -2.23. The summed E-state index contributed by atoms with van der Waals surface area (Å²) in [7, 11) is 0. The molecule has 0 saturated heterocycles. The van der Waals surface area contributed by atoms with Gasteiger partial charge >= 0.3 is 0 Å². The molecule has 3 N–H and O–H groups in total. The van der Waals surface area contributed by atoms with Crippen molar-refractivity contribution in [2.24, 2.45) is 5.73 Å². The van der Waals surface area contributed by atoms with E-state index < -0.39 is 0 Å². The van der Waals surface area contributed by atoms with E-state index in [1.807, 2.05) is 45.0 Å². The summed E-state index contributed by atoms with van der Waals surface area (Å²) in [6.45, 7) is 7.25. The smallest absolute Gasteiger partial charge is 0.220 e. The van der Waals surface area contributed by atoms with E-state index in [0.29, 0.717) is 19.5 Å². The van der Waals surface area contributed by atoms with Gasteiger partial charge in [0.2, 0.25) is 5.91 Å². The van der Waals surface area contributed by atoms with E-state index in [0.717, 1.165) is 24.2 Å². The van der Waals surface area contributed by atoms with Crippen LogP contribution in [0.25, 0.3) is 0 Å². The Balaban J connectivity index is 2.49. The number of amides is 1. The van der Waals surface area contributed by atoms with E-state index in [4.69, 9.17) is 10.5 Å². The number of nitrogens with one attached hydrogen (secondary N) is 1. The van der Waals surface area contributed by atoms with Crippen LogP contribution in [0.3, 0.4) is 0 Å². The Morgan fingerprint density at radius 2 is 2.00 bits per heavy atom. The number of ether oxygens (including phenoxy) is 1. The van der Waals surface area contributed by atoms with Crippen LogP contribution >= 0.6 is 0 Å². The molecule has 0 heterocycles. The Kier molecular flexibility index (Phi) is 6.52. The van der Waals surface area contributed by atoms with Gasteiger partial charge in [0.05, 0.1) is 0 Å². The summed E-state index contributed by atoms with van der Waals surface area (Å²) >= 11 is 0. The third-order valence-corrected chi connectivity index (χ3v) is 2.71. The predicted molar refractivity (Wildman–Crippen MR) is 81.8 cm³/mol. The zero-order valence-corrected chi connectivity index (χ0v) is 12.7. The van der Waals surface area contributed by atoms with Gasteiger partial charge in [0.15, 0.2) is 0 Å². The van der Waals surface area contributed by atoms with Gasteiger partial charge in [-0.15, -0.1) is 0 Å². The molecule has 1 aromatic rings. The summed E-state index contributed by atoms with van der Waals surface area (Å²) in [5.74, 6) is 0.945. The molecule has 1 aromatic carbocycles. The van der Waals surface area contributed by atoms with Gasteiger partial charge in [-0.2, -0.15) is 0 Å². The van der Waals surface area contributed by atoms with Crippen molar-refractivity contribution in [1.29, 1.82) is 0 Å². The molecule has 0 spiro atoms. The van der Waals surface area contributed by atoms with E-state index in [1.54, 1.807) is 0 Å². The predicted octanol–water partition coefficient (Wildman–Crippen LogP) is 2.26. The maximum atomic E-state index is 11.5. The van der Waals surface area contributed by atoms with Crippen molar-refractivity contribution in [3.63, 3.8) is 0 Å². The van der Waals surface area contributed by atoms with Gasteiger partial charge in [-0.1, -0.05) is 18.2 Å². The van der Waals surface area contributed by atoms with Crippen molar-refractivity contribution in [2.45, 2.75) is 45.6 Å². The van der Waals surface area contributed by atoms with Crippen molar-refractivity contribution in [3.05, 3.63) is 29.8 Å². The van der Waals surface area contributed by atoms with Crippen molar-refractivity contribution >= 4 is 5.91 Å². The highest BCUT2D eigenvalue weighted by molar-refractivity contribution is 5.75. The molecule has 0 aromatic heterocycles. The quantitative estimate of drug-likeness (QED) is 0.804. The minimum atomic E-state index is -0.222. The first-order valence-corrected chi connectivity index (χ1v) is 7.16. The molecule has 112 valence electrons. The summed E-state index contributed by atoms with van der Waals surface area (Å²) < 4.78 is 5.93.